The quantitative estimate of drug-likeness (QED) is 0.560. The summed E-state index contributed by atoms with van der Waals surface area (Å²) in [7, 11) is 1.60. The van der Waals surface area contributed by atoms with E-state index < -0.39 is 5.92 Å². The lowest BCUT2D eigenvalue weighted by Gasteiger charge is -2.43. The highest BCUT2D eigenvalue weighted by Gasteiger charge is 2.45. The molecule has 1 unspecified atom stereocenters. The largest absolute Gasteiger partial charge is 0.497 e. The van der Waals surface area contributed by atoms with Gasteiger partial charge in [0, 0.05) is 23.8 Å². The number of ether oxygens (including phenoxy) is 1. The fourth-order valence-corrected chi connectivity index (χ4v) is 5.12. The molecule has 1 atom stereocenters. The molecule has 0 radical (unpaired) electrons. The van der Waals surface area contributed by atoms with Crippen molar-refractivity contribution in [2.75, 3.05) is 12.0 Å². The number of hydrogen-bond donors (Lipinski definition) is 2. The zero-order valence-corrected chi connectivity index (χ0v) is 20.0. The first-order valence-corrected chi connectivity index (χ1v) is 11.5. The molecule has 176 valence electrons. The Labute approximate surface area is 204 Å². The van der Waals surface area contributed by atoms with Crippen LogP contribution in [0.5, 0.6) is 5.75 Å². The smallest absolute Gasteiger partial charge is 0.162 e. The third-order valence-corrected chi connectivity index (χ3v) is 6.69. The molecule has 0 saturated heterocycles. The number of H-pyrrole nitrogens is 1. The number of nitrogens with zero attached hydrogens (tertiary/aromatic N) is 3. The summed E-state index contributed by atoms with van der Waals surface area (Å²) in [5, 5.41) is 17.9. The van der Waals surface area contributed by atoms with Gasteiger partial charge in [-0.15, -0.1) is 0 Å². The highest BCUT2D eigenvalue weighted by molar-refractivity contribution is 6.01. The van der Waals surface area contributed by atoms with Gasteiger partial charge in [0.2, 0.25) is 0 Å². The van der Waals surface area contributed by atoms with Crippen LogP contribution in [0.1, 0.15) is 38.2 Å². The Hall–Kier alpha value is -4.31. The minimum atomic E-state index is -0.558. The SMILES string of the molecule is COc1cccc(C2C(C#N)=C(N)N(c3cc(-c4ccccc4)[nH]n3)C3=C2C(=O)CC(C)(C)C3)c1. The fraction of sp³-hybridized carbons (Fsp3) is 0.250. The number of carbonyl (C=O) groups excluding carboxylic acids is 1. The zero-order chi connectivity index (χ0) is 24.7. The first kappa shape index (κ1) is 22.5. The fourth-order valence-electron chi connectivity index (χ4n) is 5.12. The normalized spacial score (nSPS) is 19.4. The molecular formula is C28H27N5O2. The number of nitrogens with one attached hydrogen (secondary N) is 1. The van der Waals surface area contributed by atoms with E-state index in [9.17, 15) is 10.1 Å². The molecule has 7 nitrogen and oxygen atoms in total. The van der Waals surface area contributed by atoms with Crippen LogP contribution < -0.4 is 15.4 Å². The van der Waals surface area contributed by atoms with Crippen molar-refractivity contribution in [3.63, 3.8) is 0 Å². The van der Waals surface area contributed by atoms with Crippen LogP contribution in [0.25, 0.3) is 11.3 Å². The van der Waals surface area contributed by atoms with Gasteiger partial charge in [-0.1, -0.05) is 56.3 Å². The Kier molecular flexibility index (Phi) is 5.45. The Balaban J connectivity index is 1.71. The van der Waals surface area contributed by atoms with Gasteiger partial charge in [-0.25, -0.2) is 0 Å². The number of anilines is 1. The van der Waals surface area contributed by atoms with Gasteiger partial charge in [0.15, 0.2) is 11.6 Å². The van der Waals surface area contributed by atoms with Crippen molar-refractivity contribution in [1.82, 2.24) is 10.2 Å². The Morgan fingerprint density at radius 1 is 1.14 bits per heavy atom. The van der Waals surface area contributed by atoms with Gasteiger partial charge in [0.25, 0.3) is 0 Å². The number of nitriles is 1. The van der Waals surface area contributed by atoms with Crippen LogP contribution in [0.3, 0.4) is 0 Å². The van der Waals surface area contributed by atoms with E-state index in [-0.39, 0.29) is 17.0 Å². The topological polar surface area (TPSA) is 108 Å². The molecule has 2 aromatic carbocycles. The van der Waals surface area contributed by atoms with Crippen molar-refractivity contribution in [1.29, 1.82) is 5.26 Å². The molecule has 1 aliphatic heterocycles. The molecule has 2 heterocycles. The molecule has 3 N–H and O–H groups in total. The summed E-state index contributed by atoms with van der Waals surface area (Å²) in [6.07, 6.45) is 1.02. The van der Waals surface area contributed by atoms with Crippen molar-refractivity contribution in [3.05, 3.63) is 88.9 Å². The Morgan fingerprint density at radius 3 is 2.63 bits per heavy atom. The third-order valence-electron chi connectivity index (χ3n) is 6.69. The van der Waals surface area contributed by atoms with E-state index >= 15 is 0 Å². The molecule has 0 fully saturated rings. The van der Waals surface area contributed by atoms with E-state index in [4.69, 9.17) is 10.5 Å². The Morgan fingerprint density at radius 2 is 1.91 bits per heavy atom. The van der Waals surface area contributed by atoms with Crippen LogP contribution in [0.2, 0.25) is 0 Å². The van der Waals surface area contributed by atoms with Gasteiger partial charge < -0.3 is 10.5 Å². The van der Waals surface area contributed by atoms with Crippen LogP contribution in [-0.2, 0) is 4.79 Å². The molecule has 7 heteroatoms. The van der Waals surface area contributed by atoms with Crippen molar-refractivity contribution >= 4 is 11.6 Å². The van der Waals surface area contributed by atoms with Gasteiger partial charge >= 0.3 is 0 Å². The average Bonchev–Trinajstić information content (AvgIpc) is 3.33. The summed E-state index contributed by atoms with van der Waals surface area (Å²) >= 11 is 0. The number of methoxy groups -OCH3 is 1. The molecule has 0 spiro atoms. The number of benzene rings is 2. The minimum Gasteiger partial charge on any atom is -0.497 e. The molecule has 0 saturated carbocycles. The zero-order valence-electron chi connectivity index (χ0n) is 20.0. The van der Waals surface area contributed by atoms with E-state index in [0.29, 0.717) is 35.6 Å². The maximum atomic E-state index is 13.6. The number of aromatic amines is 1. The molecule has 0 bridgehead atoms. The highest BCUT2D eigenvalue weighted by atomic mass is 16.5. The lowest BCUT2D eigenvalue weighted by molar-refractivity contribution is -0.118. The van der Waals surface area contributed by atoms with Crippen LogP contribution in [-0.4, -0.2) is 23.1 Å². The maximum Gasteiger partial charge on any atom is 0.162 e. The third kappa shape index (κ3) is 3.87. The van der Waals surface area contributed by atoms with E-state index in [1.807, 2.05) is 60.7 Å². The van der Waals surface area contributed by atoms with Crippen LogP contribution in [0, 0.1) is 16.7 Å². The van der Waals surface area contributed by atoms with Gasteiger partial charge in [-0.3, -0.25) is 14.8 Å². The molecule has 2 aliphatic rings. The number of aromatic nitrogens is 2. The number of rotatable bonds is 4. The summed E-state index contributed by atoms with van der Waals surface area (Å²) in [5.41, 5.74) is 10.8. The number of carbonyl (C=O) groups is 1. The monoisotopic (exact) mass is 465 g/mol. The average molecular weight is 466 g/mol. The van der Waals surface area contributed by atoms with Crippen molar-refractivity contribution in [2.24, 2.45) is 11.1 Å². The molecule has 0 amide bonds. The van der Waals surface area contributed by atoms with Crippen molar-refractivity contribution in [3.8, 4) is 23.1 Å². The van der Waals surface area contributed by atoms with Gasteiger partial charge in [0.1, 0.15) is 11.6 Å². The maximum absolute atomic E-state index is 13.6. The molecule has 3 aromatic rings. The van der Waals surface area contributed by atoms with E-state index in [2.05, 4.69) is 30.1 Å². The molecule has 1 aliphatic carbocycles. The lowest BCUT2D eigenvalue weighted by atomic mass is 9.68. The van der Waals surface area contributed by atoms with Crippen molar-refractivity contribution < 1.29 is 9.53 Å². The summed E-state index contributed by atoms with van der Waals surface area (Å²) in [5.74, 6) is 0.962. The van der Waals surface area contributed by atoms with E-state index in [0.717, 1.165) is 22.5 Å². The van der Waals surface area contributed by atoms with Crippen LogP contribution in [0.4, 0.5) is 5.82 Å². The predicted molar refractivity (Wildman–Crippen MR) is 134 cm³/mol. The standard InChI is InChI=1S/C28H27N5O2/c1-28(2)14-22-26(23(34)15-28)25(18-10-7-11-19(12-18)35-3)20(16-29)27(30)33(22)24-13-21(31-32-24)17-8-5-4-6-9-17/h4-13,25H,14-15,30H2,1-3H3,(H,31,32). The first-order valence-electron chi connectivity index (χ1n) is 11.5. The number of ketones is 1. The van der Waals surface area contributed by atoms with Gasteiger partial charge in [-0.2, -0.15) is 10.4 Å². The second-order valence-electron chi connectivity index (χ2n) is 9.76. The second kappa shape index (κ2) is 8.48. The van der Waals surface area contributed by atoms with E-state index in [1.165, 1.54) is 0 Å². The number of allylic oxidation sites excluding steroid dienone is 3. The molecule has 5 rings (SSSR count). The second-order valence-corrected chi connectivity index (χ2v) is 9.76. The summed E-state index contributed by atoms with van der Waals surface area (Å²) < 4.78 is 5.42. The summed E-state index contributed by atoms with van der Waals surface area (Å²) in [4.78, 5) is 15.4. The number of hydrogen-bond acceptors (Lipinski definition) is 6. The van der Waals surface area contributed by atoms with Crippen LogP contribution in [0.15, 0.2) is 83.3 Å². The minimum absolute atomic E-state index is 0.0214. The number of Topliss-reactive ketones (excluding diaryl/α,β-unsaturated/α-hetero) is 1. The van der Waals surface area contributed by atoms with Crippen molar-refractivity contribution in [2.45, 2.75) is 32.6 Å². The van der Waals surface area contributed by atoms with Gasteiger partial charge in [-0.05, 0) is 35.1 Å². The molecule has 1 aromatic heterocycles. The lowest BCUT2D eigenvalue weighted by Crippen LogP contribution is -2.42. The van der Waals surface area contributed by atoms with Crippen LogP contribution >= 0.6 is 0 Å². The predicted octanol–water partition coefficient (Wildman–Crippen LogP) is 5.03. The Bertz CT molecular complexity index is 1410. The van der Waals surface area contributed by atoms with Gasteiger partial charge in [0.05, 0.1) is 30.4 Å². The summed E-state index contributed by atoms with van der Waals surface area (Å²) in [6, 6.07) is 21.5. The molecular weight excluding hydrogens is 438 g/mol. The number of nitrogens with two attached hydrogens (primary N) is 1. The molecule has 35 heavy (non-hydrogen) atoms. The first-order chi connectivity index (χ1) is 16.8. The summed E-state index contributed by atoms with van der Waals surface area (Å²) in [6.45, 7) is 4.15. The van der Waals surface area contributed by atoms with E-state index in [1.54, 1.807) is 12.0 Å². The highest BCUT2D eigenvalue weighted by Crippen LogP contribution is 2.50.